The van der Waals surface area contributed by atoms with Crippen LogP contribution in [0.1, 0.15) is 32.4 Å². The number of carbonyl (C=O) groups is 2. The first-order valence-electron chi connectivity index (χ1n) is 11.7. The van der Waals surface area contributed by atoms with E-state index < -0.39 is 0 Å². The molecule has 0 bridgehead atoms. The lowest BCUT2D eigenvalue weighted by molar-refractivity contribution is 0.0592. The normalized spacial score (nSPS) is 10.6. The summed E-state index contributed by atoms with van der Waals surface area (Å²) in [6.45, 7) is 2.38. The van der Waals surface area contributed by atoms with Gasteiger partial charge in [0.25, 0.3) is 0 Å². The van der Waals surface area contributed by atoms with Gasteiger partial charge in [0, 0.05) is 27.3 Å². The van der Waals surface area contributed by atoms with Crippen LogP contribution < -0.4 is 0 Å². The Morgan fingerprint density at radius 1 is 0.718 bits per heavy atom. The number of alkyl halides is 2. The first-order valence-corrected chi connectivity index (χ1v) is 12.7. The third-order valence-electron chi connectivity index (χ3n) is 5.77. The van der Waals surface area contributed by atoms with E-state index in [2.05, 4.69) is 9.97 Å². The number of carbonyl (C=O) groups excluding carboxylic acids is 2. The lowest BCUT2D eigenvalue weighted by Crippen LogP contribution is -2.08. The Hall–Kier alpha value is -2.89. The van der Waals surface area contributed by atoms with Crippen molar-refractivity contribution in [1.82, 2.24) is 19.1 Å². The van der Waals surface area contributed by atoms with E-state index in [0.29, 0.717) is 49.2 Å². The number of methoxy groups -OCH3 is 4. The Bertz CT molecular complexity index is 1300. The molecular formula is C26H31Cl3N4O6. The molecule has 0 N–H and O–H groups in total. The fraction of sp³-hybridized carbons (Fsp3) is 0.385. The molecule has 0 saturated heterocycles. The van der Waals surface area contributed by atoms with Gasteiger partial charge in [-0.3, -0.25) is 0 Å². The zero-order chi connectivity index (χ0) is 27.7. The fourth-order valence-corrected chi connectivity index (χ4v) is 4.31. The van der Waals surface area contributed by atoms with Gasteiger partial charge in [0.15, 0.2) is 0 Å². The van der Waals surface area contributed by atoms with Gasteiger partial charge in [0.05, 0.1) is 72.4 Å². The van der Waals surface area contributed by atoms with Crippen molar-refractivity contribution < 1.29 is 28.5 Å². The van der Waals surface area contributed by atoms with Gasteiger partial charge in [-0.05, 0) is 36.4 Å². The highest BCUT2D eigenvalue weighted by atomic mass is 35.5. The third kappa shape index (κ3) is 7.61. The number of aromatic nitrogens is 4. The summed E-state index contributed by atoms with van der Waals surface area (Å²) in [5, 5.41) is 0. The van der Waals surface area contributed by atoms with Gasteiger partial charge in [-0.25, -0.2) is 19.6 Å². The van der Waals surface area contributed by atoms with E-state index in [-0.39, 0.29) is 24.3 Å². The van der Waals surface area contributed by atoms with Gasteiger partial charge in [0.2, 0.25) is 0 Å². The first kappa shape index (κ1) is 32.3. The number of imidazole rings is 2. The molecule has 0 saturated carbocycles. The number of halogens is 3. The number of ether oxygens (including phenoxy) is 4. The SMILES string of the molecule is COCCn1c(CCl)nc2ccc(C(=O)OC)cc21.COCCn1c(CCl)nc2ccc(C(=O)OC)cc21.Cl. The van der Waals surface area contributed by atoms with E-state index in [1.54, 1.807) is 50.6 Å². The largest absolute Gasteiger partial charge is 0.465 e. The molecule has 4 rings (SSSR count). The molecule has 0 amide bonds. The van der Waals surface area contributed by atoms with Crippen LogP contribution in [0, 0.1) is 0 Å². The molecule has 4 aromatic rings. The molecule has 13 heteroatoms. The first-order chi connectivity index (χ1) is 18.4. The number of fused-ring (bicyclic) bond motifs is 2. The summed E-state index contributed by atoms with van der Waals surface area (Å²) in [7, 11) is 6.00. The van der Waals surface area contributed by atoms with Gasteiger partial charge in [-0.2, -0.15) is 0 Å². The predicted octanol–water partition coefficient (Wildman–Crippen LogP) is 4.84. The maximum Gasteiger partial charge on any atom is 0.337 e. The molecule has 39 heavy (non-hydrogen) atoms. The molecule has 0 aliphatic heterocycles. The molecular weight excluding hydrogens is 571 g/mol. The van der Waals surface area contributed by atoms with Crippen LogP contribution in [0.25, 0.3) is 22.1 Å². The number of nitrogens with zero attached hydrogens (tertiary/aromatic N) is 4. The quantitative estimate of drug-likeness (QED) is 0.188. The number of rotatable bonds is 10. The minimum Gasteiger partial charge on any atom is -0.465 e. The predicted molar refractivity (Wildman–Crippen MR) is 152 cm³/mol. The monoisotopic (exact) mass is 600 g/mol. The molecule has 212 valence electrons. The number of benzene rings is 2. The van der Waals surface area contributed by atoms with Crippen LogP contribution in [0.3, 0.4) is 0 Å². The van der Waals surface area contributed by atoms with E-state index in [1.165, 1.54) is 14.2 Å². The van der Waals surface area contributed by atoms with Crippen LogP contribution in [0.15, 0.2) is 36.4 Å². The van der Waals surface area contributed by atoms with Crippen molar-refractivity contribution >= 4 is 69.6 Å². The lowest BCUT2D eigenvalue weighted by atomic mass is 10.2. The molecule has 0 atom stereocenters. The molecule has 10 nitrogen and oxygen atoms in total. The molecule has 2 aromatic heterocycles. The second-order valence-corrected chi connectivity index (χ2v) is 8.54. The highest BCUT2D eigenvalue weighted by Crippen LogP contribution is 2.21. The molecule has 0 aliphatic carbocycles. The Kier molecular flexibility index (Phi) is 13.0. The van der Waals surface area contributed by atoms with Crippen molar-refractivity contribution in [2.75, 3.05) is 41.7 Å². The van der Waals surface area contributed by atoms with Gasteiger partial charge >= 0.3 is 11.9 Å². The average Bonchev–Trinajstić information content (AvgIpc) is 3.50. The number of hydrogen-bond acceptors (Lipinski definition) is 8. The van der Waals surface area contributed by atoms with E-state index >= 15 is 0 Å². The summed E-state index contributed by atoms with van der Waals surface area (Å²) in [6, 6.07) is 10.5. The minimum absolute atomic E-state index is 0. The molecule has 0 spiro atoms. The van der Waals surface area contributed by atoms with Crippen molar-refractivity contribution in [3.05, 3.63) is 59.2 Å². The van der Waals surface area contributed by atoms with Crippen molar-refractivity contribution in [1.29, 1.82) is 0 Å². The summed E-state index contributed by atoms with van der Waals surface area (Å²) in [6.07, 6.45) is 0. The Labute approximate surface area is 242 Å². The smallest absolute Gasteiger partial charge is 0.337 e. The molecule has 2 heterocycles. The van der Waals surface area contributed by atoms with E-state index in [1.807, 2.05) is 9.13 Å². The average molecular weight is 602 g/mol. The summed E-state index contributed by atoms with van der Waals surface area (Å²) in [4.78, 5) is 32.0. The second kappa shape index (κ2) is 15.6. The second-order valence-electron chi connectivity index (χ2n) is 8.00. The van der Waals surface area contributed by atoms with Crippen molar-refractivity contribution in [3.8, 4) is 0 Å². The van der Waals surface area contributed by atoms with Gasteiger partial charge < -0.3 is 28.1 Å². The standard InChI is InChI=1S/2C13H15ClN2O3.ClH/c2*1-18-6-5-16-11-7-9(13(17)19-2)3-4-10(11)15-12(16)8-14;/h2*3-4,7H,5-6,8H2,1-2H3;1H. The third-order valence-corrected chi connectivity index (χ3v) is 6.25. The molecule has 2 aromatic carbocycles. The zero-order valence-electron chi connectivity index (χ0n) is 22.1. The van der Waals surface area contributed by atoms with Crippen molar-refractivity contribution in [2.24, 2.45) is 0 Å². The van der Waals surface area contributed by atoms with Gasteiger partial charge in [-0.1, -0.05) is 0 Å². The van der Waals surface area contributed by atoms with Gasteiger partial charge in [0.1, 0.15) is 11.6 Å². The Morgan fingerprint density at radius 3 is 1.41 bits per heavy atom. The highest BCUT2D eigenvalue weighted by molar-refractivity contribution is 6.17. The topological polar surface area (TPSA) is 107 Å². The van der Waals surface area contributed by atoms with E-state index in [0.717, 1.165) is 33.7 Å². The summed E-state index contributed by atoms with van der Waals surface area (Å²) in [5.74, 6) is 1.41. The maximum absolute atomic E-state index is 11.6. The van der Waals surface area contributed by atoms with Crippen LogP contribution in [0.4, 0.5) is 0 Å². The number of esters is 2. The van der Waals surface area contributed by atoms with Crippen molar-refractivity contribution in [3.63, 3.8) is 0 Å². The van der Waals surface area contributed by atoms with Crippen LogP contribution in [0.2, 0.25) is 0 Å². The summed E-state index contributed by atoms with van der Waals surface area (Å²) in [5.41, 5.74) is 4.31. The molecule has 0 aliphatic rings. The minimum atomic E-state index is -0.367. The van der Waals surface area contributed by atoms with E-state index in [4.69, 9.17) is 42.1 Å². The number of hydrogen-bond donors (Lipinski definition) is 0. The lowest BCUT2D eigenvalue weighted by Gasteiger charge is -2.07. The molecule has 0 fully saturated rings. The summed E-state index contributed by atoms with van der Waals surface area (Å²) >= 11 is 11.8. The molecule has 0 unspecified atom stereocenters. The van der Waals surface area contributed by atoms with Crippen molar-refractivity contribution in [2.45, 2.75) is 24.8 Å². The highest BCUT2D eigenvalue weighted by Gasteiger charge is 2.14. The van der Waals surface area contributed by atoms with Crippen LogP contribution in [0.5, 0.6) is 0 Å². The van der Waals surface area contributed by atoms with Gasteiger partial charge in [-0.15, -0.1) is 35.6 Å². The van der Waals surface area contributed by atoms with Crippen LogP contribution >= 0.6 is 35.6 Å². The van der Waals surface area contributed by atoms with Crippen LogP contribution in [-0.2, 0) is 43.8 Å². The fourth-order valence-electron chi connectivity index (χ4n) is 3.90. The Balaban J connectivity index is 0.000000267. The van der Waals surface area contributed by atoms with E-state index in [9.17, 15) is 9.59 Å². The maximum atomic E-state index is 11.6. The Morgan fingerprint density at radius 2 is 1.10 bits per heavy atom. The zero-order valence-corrected chi connectivity index (χ0v) is 24.4. The molecule has 0 radical (unpaired) electrons. The summed E-state index contributed by atoms with van der Waals surface area (Å²) < 4.78 is 23.5. The van der Waals surface area contributed by atoms with Crippen LogP contribution in [-0.4, -0.2) is 72.7 Å².